The second kappa shape index (κ2) is 20.0. The number of hydrogen-bond donors (Lipinski definition) is 2. The number of likely N-dealkylation sites (N-methyl/N-ethyl adjacent to an activating group) is 3. The number of anilines is 1. The zero-order valence-electron chi connectivity index (χ0n) is 32.8. The number of nitrogens with one attached hydrogen (secondary N) is 1. The largest absolute Gasteiger partial charge is 0.399 e. The fourth-order valence-electron chi connectivity index (χ4n) is 7.05. The van der Waals surface area contributed by atoms with E-state index in [-0.39, 0.29) is 47.9 Å². The van der Waals surface area contributed by atoms with E-state index in [2.05, 4.69) is 19.2 Å². The SMILES string of the molecule is CCC(C)C(C(CC(=O)N1CCC[C@H]1C(OC)C(C)C(=O)N(C)CCc1ccccc1N)OC)N(C)C(=O)C(NC(=O)C(C)N(C)C)C(C)C. The molecule has 3 N–H and O–H groups in total. The summed E-state index contributed by atoms with van der Waals surface area (Å²) in [6, 6.07) is 5.83. The lowest BCUT2D eigenvalue weighted by Crippen LogP contribution is -2.59. The van der Waals surface area contributed by atoms with Gasteiger partial charge in [0.25, 0.3) is 0 Å². The van der Waals surface area contributed by atoms with Crippen molar-refractivity contribution >= 4 is 29.3 Å². The monoisotopic (exact) mass is 703 g/mol. The van der Waals surface area contributed by atoms with Gasteiger partial charge in [0.2, 0.25) is 23.6 Å². The number of methoxy groups -OCH3 is 2. The van der Waals surface area contributed by atoms with Gasteiger partial charge in [0.15, 0.2) is 0 Å². The van der Waals surface area contributed by atoms with E-state index >= 15 is 0 Å². The molecule has 0 saturated carbocycles. The number of benzene rings is 1. The summed E-state index contributed by atoms with van der Waals surface area (Å²) in [5.74, 6) is -1.22. The molecule has 284 valence electrons. The highest BCUT2D eigenvalue weighted by atomic mass is 16.5. The molecule has 2 rings (SSSR count). The first-order chi connectivity index (χ1) is 23.5. The van der Waals surface area contributed by atoms with Crippen molar-refractivity contribution in [2.45, 2.75) is 110 Å². The number of rotatable bonds is 19. The van der Waals surface area contributed by atoms with Gasteiger partial charge in [-0.3, -0.25) is 24.1 Å². The molecule has 50 heavy (non-hydrogen) atoms. The van der Waals surface area contributed by atoms with Crippen LogP contribution in [-0.2, 0) is 35.1 Å². The van der Waals surface area contributed by atoms with Crippen molar-refractivity contribution < 1.29 is 28.7 Å². The third-order valence-corrected chi connectivity index (χ3v) is 10.8. The van der Waals surface area contributed by atoms with Gasteiger partial charge in [0.05, 0.1) is 42.7 Å². The van der Waals surface area contributed by atoms with E-state index in [0.29, 0.717) is 25.2 Å². The van der Waals surface area contributed by atoms with Crippen LogP contribution in [0.15, 0.2) is 24.3 Å². The highest BCUT2D eigenvalue weighted by molar-refractivity contribution is 5.90. The Morgan fingerprint density at radius 1 is 0.980 bits per heavy atom. The van der Waals surface area contributed by atoms with Crippen LogP contribution >= 0.6 is 0 Å². The molecule has 0 bridgehead atoms. The quantitative estimate of drug-likeness (QED) is 0.210. The molecular weight excluding hydrogens is 636 g/mol. The van der Waals surface area contributed by atoms with Gasteiger partial charge < -0.3 is 35.2 Å². The van der Waals surface area contributed by atoms with Crippen molar-refractivity contribution in [1.82, 2.24) is 24.9 Å². The number of hydrogen-bond acceptors (Lipinski definition) is 8. The summed E-state index contributed by atoms with van der Waals surface area (Å²) < 4.78 is 12.0. The van der Waals surface area contributed by atoms with E-state index in [1.807, 2.05) is 64.0 Å². The molecular formula is C38H66N6O6. The number of carbonyl (C=O) groups excluding carboxylic acids is 4. The van der Waals surface area contributed by atoms with E-state index in [9.17, 15) is 19.2 Å². The van der Waals surface area contributed by atoms with Crippen molar-refractivity contribution in [3.05, 3.63) is 29.8 Å². The fourth-order valence-corrected chi connectivity index (χ4v) is 7.05. The molecule has 0 aromatic heterocycles. The number of para-hydroxylation sites is 1. The van der Waals surface area contributed by atoms with Crippen LogP contribution in [0.25, 0.3) is 0 Å². The van der Waals surface area contributed by atoms with Crippen LogP contribution in [0, 0.1) is 17.8 Å². The van der Waals surface area contributed by atoms with Crippen LogP contribution in [0.3, 0.4) is 0 Å². The summed E-state index contributed by atoms with van der Waals surface area (Å²) in [5.41, 5.74) is 7.81. The van der Waals surface area contributed by atoms with Crippen LogP contribution in [0.5, 0.6) is 0 Å². The minimum atomic E-state index is -0.734. The molecule has 1 aliphatic rings. The zero-order valence-corrected chi connectivity index (χ0v) is 32.8. The molecule has 7 unspecified atom stereocenters. The van der Waals surface area contributed by atoms with E-state index in [1.54, 1.807) is 49.9 Å². The lowest BCUT2D eigenvalue weighted by Gasteiger charge is -2.41. The summed E-state index contributed by atoms with van der Waals surface area (Å²) >= 11 is 0. The van der Waals surface area contributed by atoms with Crippen LogP contribution in [0.2, 0.25) is 0 Å². The van der Waals surface area contributed by atoms with Crippen LogP contribution < -0.4 is 11.1 Å². The summed E-state index contributed by atoms with van der Waals surface area (Å²) in [5, 5.41) is 2.97. The van der Waals surface area contributed by atoms with Gasteiger partial charge in [-0.2, -0.15) is 0 Å². The van der Waals surface area contributed by atoms with Crippen molar-refractivity contribution in [1.29, 1.82) is 0 Å². The van der Waals surface area contributed by atoms with Crippen LogP contribution in [-0.4, -0.2) is 135 Å². The Balaban J connectivity index is 2.23. The molecule has 1 heterocycles. The molecule has 1 fully saturated rings. The average Bonchev–Trinajstić information content (AvgIpc) is 3.58. The number of ether oxygens (including phenoxy) is 2. The number of nitrogen functional groups attached to an aromatic ring is 1. The smallest absolute Gasteiger partial charge is 0.245 e. The number of likely N-dealkylation sites (tertiary alicyclic amines) is 1. The predicted octanol–water partition coefficient (Wildman–Crippen LogP) is 3.28. The highest BCUT2D eigenvalue weighted by Crippen LogP contribution is 2.30. The first-order valence-corrected chi connectivity index (χ1v) is 18.2. The number of carbonyl (C=O) groups is 4. The van der Waals surface area contributed by atoms with E-state index in [0.717, 1.165) is 24.8 Å². The first kappa shape index (κ1) is 42.9. The predicted molar refractivity (Wildman–Crippen MR) is 198 cm³/mol. The molecule has 4 amide bonds. The Morgan fingerprint density at radius 2 is 1.62 bits per heavy atom. The molecule has 0 aliphatic carbocycles. The number of nitrogens with zero attached hydrogens (tertiary/aromatic N) is 4. The maximum Gasteiger partial charge on any atom is 0.245 e. The molecule has 1 aromatic rings. The van der Waals surface area contributed by atoms with Gasteiger partial charge in [0, 0.05) is 47.1 Å². The highest BCUT2D eigenvalue weighted by Gasteiger charge is 2.43. The lowest BCUT2D eigenvalue weighted by atomic mass is 9.89. The van der Waals surface area contributed by atoms with E-state index in [4.69, 9.17) is 15.2 Å². The van der Waals surface area contributed by atoms with Crippen molar-refractivity contribution in [3.63, 3.8) is 0 Å². The second-order valence-corrected chi connectivity index (χ2v) is 14.7. The Morgan fingerprint density at radius 3 is 2.16 bits per heavy atom. The van der Waals surface area contributed by atoms with Gasteiger partial charge in [0.1, 0.15) is 6.04 Å². The number of amides is 4. The van der Waals surface area contributed by atoms with Crippen LogP contribution in [0.1, 0.15) is 72.8 Å². The van der Waals surface area contributed by atoms with Gasteiger partial charge in [-0.15, -0.1) is 0 Å². The minimum absolute atomic E-state index is 0.00595. The van der Waals surface area contributed by atoms with E-state index < -0.39 is 36.3 Å². The van der Waals surface area contributed by atoms with Crippen molar-refractivity contribution in [2.24, 2.45) is 17.8 Å². The van der Waals surface area contributed by atoms with E-state index in [1.165, 1.54) is 0 Å². The normalized spacial score (nSPS) is 19.0. The summed E-state index contributed by atoms with van der Waals surface area (Å²) in [6.07, 6.45) is 1.90. The Hall–Kier alpha value is -3.22. The fraction of sp³-hybridized carbons (Fsp3) is 0.737. The summed E-state index contributed by atoms with van der Waals surface area (Å²) in [7, 11) is 10.3. The topological polar surface area (TPSA) is 138 Å². The number of nitrogens with two attached hydrogens (primary N) is 1. The molecule has 1 aromatic carbocycles. The molecule has 0 radical (unpaired) electrons. The summed E-state index contributed by atoms with van der Waals surface area (Å²) in [6.45, 7) is 12.7. The molecule has 1 aliphatic heterocycles. The molecule has 0 spiro atoms. The zero-order chi connectivity index (χ0) is 37.9. The summed E-state index contributed by atoms with van der Waals surface area (Å²) in [4.78, 5) is 61.8. The minimum Gasteiger partial charge on any atom is -0.399 e. The molecule has 1 saturated heterocycles. The van der Waals surface area contributed by atoms with Crippen molar-refractivity contribution in [3.8, 4) is 0 Å². The van der Waals surface area contributed by atoms with Crippen molar-refractivity contribution in [2.75, 3.05) is 61.2 Å². The lowest BCUT2D eigenvalue weighted by molar-refractivity contribution is -0.149. The Labute approximate surface area is 301 Å². The van der Waals surface area contributed by atoms with Crippen LogP contribution in [0.4, 0.5) is 5.69 Å². The molecule has 12 heteroatoms. The molecule has 8 atom stereocenters. The average molecular weight is 703 g/mol. The Bertz CT molecular complexity index is 1260. The maximum absolute atomic E-state index is 14.1. The van der Waals surface area contributed by atoms with Gasteiger partial charge >= 0.3 is 0 Å². The maximum atomic E-state index is 14.1. The second-order valence-electron chi connectivity index (χ2n) is 14.7. The van der Waals surface area contributed by atoms with Gasteiger partial charge in [-0.05, 0) is 63.7 Å². The standard InChI is InChI=1S/C38H66N6O6/c1-13-25(4)34(43(10)38(48)33(24(2)3)40-36(46)27(6)41(7)8)31(49-11)23-32(45)44-21-16-19-30(44)35(50-12)26(5)37(47)42(9)22-20-28-17-14-15-18-29(28)39/h14-15,17-18,24-27,30-31,33-35H,13,16,19-23,39H2,1-12H3,(H,40,46)/t25?,26?,27?,30-,31?,33?,34?,35?/m0/s1. The van der Waals surface area contributed by atoms with Gasteiger partial charge in [-0.1, -0.05) is 59.2 Å². The first-order valence-electron chi connectivity index (χ1n) is 18.2. The molecule has 12 nitrogen and oxygen atoms in total. The third-order valence-electron chi connectivity index (χ3n) is 10.8. The Kier molecular flexibility index (Phi) is 17.2. The van der Waals surface area contributed by atoms with Gasteiger partial charge in [-0.25, -0.2) is 0 Å². The third kappa shape index (κ3) is 10.9.